The summed E-state index contributed by atoms with van der Waals surface area (Å²) >= 11 is 0. The molecule has 1 saturated heterocycles. The monoisotopic (exact) mass is 604 g/mol. The molecule has 0 saturated carbocycles. The second-order valence-electron chi connectivity index (χ2n) is 10.3. The van der Waals surface area contributed by atoms with Gasteiger partial charge in [0.15, 0.2) is 23.0 Å². The van der Waals surface area contributed by atoms with Gasteiger partial charge in [-0.25, -0.2) is 32.5 Å². The molecule has 1 aromatic carbocycles. The average molecular weight is 605 g/mol. The molecule has 0 unspecified atom stereocenters. The lowest BCUT2D eigenvalue weighted by molar-refractivity contribution is -0.0529. The van der Waals surface area contributed by atoms with Gasteiger partial charge in [0, 0.05) is 31.3 Å². The van der Waals surface area contributed by atoms with Gasteiger partial charge in [0.25, 0.3) is 6.43 Å². The Morgan fingerprint density at radius 2 is 1.95 bits per heavy atom. The van der Waals surface area contributed by atoms with E-state index in [2.05, 4.69) is 25.3 Å². The third kappa shape index (κ3) is 6.19. The fraction of sp³-hybridized carbons (Fsp3) is 0.429. The van der Waals surface area contributed by atoms with Gasteiger partial charge in [-0.1, -0.05) is 0 Å². The summed E-state index contributed by atoms with van der Waals surface area (Å²) in [6.07, 6.45) is 0.00723. The molecule has 1 aliphatic rings. The Hall–Kier alpha value is -4.08. The van der Waals surface area contributed by atoms with Crippen LogP contribution in [0, 0.1) is 11.6 Å². The second kappa shape index (κ2) is 12.7. The molecule has 230 valence electrons. The van der Waals surface area contributed by atoms with Gasteiger partial charge in [0.2, 0.25) is 0 Å². The number of anilines is 2. The molecule has 0 spiro atoms. The largest absolute Gasteiger partial charge is 0.494 e. The maximum absolute atomic E-state index is 15.1. The summed E-state index contributed by atoms with van der Waals surface area (Å²) in [5.74, 6) is -1.29. The van der Waals surface area contributed by atoms with Crippen molar-refractivity contribution >= 4 is 22.7 Å². The zero-order valence-corrected chi connectivity index (χ0v) is 23.6. The number of ether oxygens (including phenoxy) is 2. The maximum Gasteiger partial charge on any atom is 0.265 e. The van der Waals surface area contributed by atoms with Gasteiger partial charge in [0.1, 0.15) is 30.5 Å². The summed E-state index contributed by atoms with van der Waals surface area (Å²) in [5.41, 5.74) is 6.86. The van der Waals surface area contributed by atoms with Gasteiger partial charge in [-0.15, -0.1) is 0 Å². The number of fused-ring (bicyclic) bond motifs is 1. The van der Waals surface area contributed by atoms with Gasteiger partial charge in [-0.05, 0) is 37.5 Å². The number of piperidine rings is 1. The first-order valence-corrected chi connectivity index (χ1v) is 13.6. The molecule has 2 atom stereocenters. The number of nitrogens with zero attached hydrogens (tertiary/aromatic N) is 6. The normalized spacial score (nSPS) is 17.9. The molecule has 4 aromatic rings. The number of pyridine rings is 1. The van der Waals surface area contributed by atoms with Crippen LogP contribution in [0.25, 0.3) is 22.4 Å². The highest BCUT2D eigenvalue weighted by Crippen LogP contribution is 2.35. The number of methoxy groups -OCH3 is 1. The Balaban J connectivity index is 1.57. The Labute approximate surface area is 244 Å². The Kier molecular flexibility index (Phi) is 8.94. The molecule has 5 rings (SSSR count). The predicted octanol–water partition coefficient (Wildman–Crippen LogP) is 3.55. The quantitative estimate of drug-likeness (QED) is 0.132. The minimum atomic E-state index is -3.01. The topological polar surface area (TPSA) is 136 Å². The van der Waals surface area contributed by atoms with E-state index in [1.807, 2.05) is 6.92 Å². The van der Waals surface area contributed by atoms with E-state index in [0.717, 1.165) is 12.1 Å². The van der Waals surface area contributed by atoms with Crippen LogP contribution in [0.5, 0.6) is 5.75 Å². The number of aliphatic hydroxyl groups is 1. The number of aliphatic hydroxyl groups excluding tert-OH is 1. The van der Waals surface area contributed by atoms with Crippen LogP contribution in [0.3, 0.4) is 0 Å². The highest BCUT2D eigenvalue weighted by atomic mass is 19.3. The number of alkyl halides is 2. The summed E-state index contributed by atoms with van der Waals surface area (Å²) in [6.45, 7) is 3.12. The Morgan fingerprint density at radius 3 is 2.70 bits per heavy atom. The first kappa shape index (κ1) is 30.4. The van der Waals surface area contributed by atoms with Gasteiger partial charge in [0.05, 0.1) is 43.1 Å². The van der Waals surface area contributed by atoms with Crippen LogP contribution in [0.1, 0.15) is 25.3 Å². The van der Waals surface area contributed by atoms with Crippen molar-refractivity contribution in [3.8, 4) is 17.0 Å². The zero-order chi connectivity index (χ0) is 30.7. The van der Waals surface area contributed by atoms with Gasteiger partial charge < -0.3 is 35.1 Å². The van der Waals surface area contributed by atoms with E-state index in [1.165, 1.54) is 19.6 Å². The molecule has 4 N–H and O–H groups in total. The molecule has 0 amide bonds. The lowest BCUT2D eigenvalue weighted by atomic mass is 9.84. The number of benzene rings is 1. The highest BCUT2D eigenvalue weighted by molar-refractivity contribution is 5.82. The van der Waals surface area contributed by atoms with Crippen molar-refractivity contribution in [2.24, 2.45) is 5.73 Å². The van der Waals surface area contributed by atoms with Crippen molar-refractivity contribution in [1.82, 2.24) is 24.5 Å². The van der Waals surface area contributed by atoms with Gasteiger partial charge in [-0.2, -0.15) is 0 Å². The first-order valence-electron chi connectivity index (χ1n) is 13.6. The standard InChI is InChI=1S/C28H32F4N8O3/c1-3-43-15-38-26-23-27(36-13-35-26)40(14-37-23)11-16-7-20(17-8-19(30)22(42-2)9-18(17)29)34-10-21(16)39-6-4-5-28(33,12-39)24(41)25(31)32/h7-10,13-14,24-25,41H,3-6,11-12,15,33H2,1-2H3,(H,35,36,38)/t24-,28-/m1/s1. The second-order valence-corrected chi connectivity index (χ2v) is 10.3. The van der Waals surface area contributed by atoms with Crippen molar-refractivity contribution in [2.75, 3.05) is 43.8 Å². The minimum absolute atomic E-state index is 0.0730. The summed E-state index contributed by atoms with van der Waals surface area (Å²) in [7, 11) is 1.24. The molecule has 11 nitrogen and oxygen atoms in total. The maximum atomic E-state index is 15.1. The fourth-order valence-electron chi connectivity index (χ4n) is 5.27. The number of halogens is 4. The van der Waals surface area contributed by atoms with Crippen LogP contribution in [-0.2, 0) is 11.3 Å². The first-order chi connectivity index (χ1) is 20.6. The predicted molar refractivity (Wildman–Crippen MR) is 151 cm³/mol. The third-order valence-corrected chi connectivity index (χ3v) is 7.49. The average Bonchev–Trinajstić information content (AvgIpc) is 3.41. The van der Waals surface area contributed by atoms with E-state index >= 15 is 4.39 Å². The molecular formula is C28H32F4N8O3. The number of hydrogen-bond donors (Lipinski definition) is 3. The summed E-state index contributed by atoms with van der Waals surface area (Å²) in [4.78, 5) is 19.3. The van der Waals surface area contributed by atoms with Crippen LogP contribution in [-0.4, -0.2) is 81.2 Å². The van der Waals surface area contributed by atoms with E-state index in [0.29, 0.717) is 47.8 Å². The van der Waals surface area contributed by atoms with Crippen molar-refractivity contribution in [3.05, 3.63) is 54.2 Å². The van der Waals surface area contributed by atoms with E-state index in [4.69, 9.17) is 15.2 Å². The number of nitrogens with one attached hydrogen (secondary N) is 1. The van der Waals surface area contributed by atoms with Crippen molar-refractivity contribution in [1.29, 1.82) is 0 Å². The number of aromatic nitrogens is 5. The van der Waals surface area contributed by atoms with E-state index < -0.39 is 29.7 Å². The minimum Gasteiger partial charge on any atom is -0.494 e. The molecular weight excluding hydrogens is 572 g/mol. The van der Waals surface area contributed by atoms with Crippen LogP contribution in [0.4, 0.5) is 29.1 Å². The molecule has 0 radical (unpaired) electrons. The molecule has 1 fully saturated rings. The highest BCUT2D eigenvalue weighted by Gasteiger charge is 2.43. The fourth-order valence-corrected chi connectivity index (χ4v) is 5.27. The number of hydrogen-bond acceptors (Lipinski definition) is 10. The molecule has 0 bridgehead atoms. The zero-order valence-electron chi connectivity index (χ0n) is 23.6. The van der Waals surface area contributed by atoms with Gasteiger partial charge >= 0.3 is 0 Å². The SMILES string of the molecule is CCOCNc1ncnc2c1ncn2Cc1cc(-c2cc(F)c(OC)cc2F)ncc1N1CCC[C@](N)([C@H](O)C(F)F)C1. The Morgan fingerprint density at radius 1 is 1.14 bits per heavy atom. The third-order valence-electron chi connectivity index (χ3n) is 7.49. The van der Waals surface area contributed by atoms with Crippen molar-refractivity contribution < 1.29 is 32.1 Å². The van der Waals surface area contributed by atoms with Crippen LogP contribution >= 0.6 is 0 Å². The lowest BCUT2D eigenvalue weighted by Gasteiger charge is -2.44. The number of rotatable bonds is 11. The van der Waals surface area contributed by atoms with E-state index in [-0.39, 0.29) is 43.2 Å². The van der Waals surface area contributed by atoms with Gasteiger partial charge in [-0.3, -0.25) is 4.98 Å². The van der Waals surface area contributed by atoms with Crippen LogP contribution < -0.4 is 20.7 Å². The molecule has 4 heterocycles. The number of nitrogens with two attached hydrogens (primary N) is 1. The smallest absolute Gasteiger partial charge is 0.265 e. The lowest BCUT2D eigenvalue weighted by Crippen LogP contribution is -2.63. The molecule has 43 heavy (non-hydrogen) atoms. The van der Waals surface area contributed by atoms with E-state index in [9.17, 15) is 18.3 Å². The summed E-state index contributed by atoms with van der Waals surface area (Å²) in [6, 6.07) is 3.54. The molecule has 1 aliphatic heterocycles. The van der Waals surface area contributed by atoms with Crippen LogP contribution in [0.2, 0.25) is 0 Å². The summed E-state index contributed by atoms with van der Waals surface area (Å²) in [5, 5.41) is 13.3. The van der Waals surface area contributed by atoms with E-state index in [1.54, 1.807) is 21.9 Å². The number of imidazole rings is 1. The summed E-state index contributed by atoms with van der Waals surface area (Å²) < 4.78 is 68.6. The van der Waals surface area contributed by atoms with Crippen LogP contribution in [0.15, 0.2) is 37.1 Å². The molecule has 3 aromatic heterocycles. The van der Waals surface area contributed by atoms with Crippen molar-refractivity contribution in [2.45, 2.75) is 44.4 Å². The molecule has 0 aliphatic carbocycles. The van der Waals surface area contributed by atoms with Crippen molar-refractivity contribution in [3.63, 3.8) is 0 Å². The Bertz CT molecular complexity index is 1590. The molecule has 15 heteroatoms.